The molecule has 15 heavy (non-hydrogen) atoms. The van der Waals surface area contributed by atoms with E-state index in [-0.39, 0.29) is 17.4 Å². The van der Waals surface area contributed by atoms with Crippen LogP contribution in [-0.4, -0.2) is 36.9 Å². The molecule has 0 heterocycles. The van der Waals surface area contributed by atoms with Crippen LogP contribution < -0.4 is 5.32 Å². The Morgan fingerprint density at radius 1 is 1.67 bits per heavy atom. The molecule has 1 aliphatic carbocycles. The summed E-state index contributed by atoms with van der Waals surface area (Å²) in [5, 5.41) is 12.0. The minimum atomic E-state index is -0.747. The second-order valence-corrected chi connectivity index (χ2v) is 4.98. The van der Waals surface area contributed by atoms with Gasteiger partial charge in [0.2, 0.25) is 0 Å². The fourth-order valence-electron chi connectivity index (χ4n) is 2.04. The molecular weight excluding hydrogens is 194 g/mol. The van der Waals surface area contributed by atoms with Crippen molar-refractivity contribution in [3.8, 4) is 0 Å². The molecule has 0 aliphatic heterocycles. The summed E-state index contributed by atoms with van der Waals surface area (Å²) in [6, 6.07) is 0.365. The summed E-state index contributed by atoms with van der Waals surface area (Å²) in [4.78, 5) is 10.6. The molecule has 88 valence electrons. The smallest absolute Gasteiger partial charge is 0.307 e. The maximum atomic E-state index is 10.6. The first-order chi connectivity index (χ1) is 6.89. The first kappa shape index (κ1) is 12.5. The largest absolute Gasteiger partial charge is 0.481 e. The van der Waals surface area contributed by atoms with Crippen LogP contribution in [0.3, 0.4) is 0 Å². The molecule has 0 radical (unpaired) electrons. The van der Waals surface area contributed by atoms with Crippen molar-refractivity contribution in [2.24, 2.45) is 11.3 Å². The second-order valence-electron chi connectivity index (χ2n) is 4.98. The van der Waals surface area contributed by atoms with E-state index in [1.807, 2.05) is 0 Å². The molecule has 0 amide bonds. The van der Waals surface area contributed by atoms with Crippen molar-refractivity contribution < 1.29 is 14.6 Å². The third-order valence-corrected chi connectivity index (χ3v) is 3.55. The highest BCUT2D eigenvalue weighted by Crippen LogP contribution is 2.42. The van der Waals surface area contributed by atoms with E-state index in [1.165, 1.54) is 0 Å². The monoisotopic (exact) mass is 215 g/mol. The van der Waals surface area contributed by atoms with Crippen molar-refractivity contribution in [3.05, 3.63) is 0 Å². The average Bonchev–Trinajstić information content (AvgIpc) is 2.15. The lowest BCUT2D eigenvalue weighted by Gasteiger charge is -2.51. The Morgan fingerprint density at radius 2 is 2.27 bits per heavy atom. The van der Waals surface area contributed by atoms with Crippen molar-refractivity contribution >= 4 is 5.97 Å². The fraction of sp³-hybridized carbons (Fsp3) is 0.909. The van der Waals surface area contributed by atoms with E-state index in [0.717, 1.165) is 6.42 Å². The Hall–Kier alpha value is -0.610. The SMILES string of the molecule is COC1CC(NCC(C)C(=O)O)C1(C)C. The van der Waals surface area contributed by atoms with Gasteiger partial charge in [0.1, 0.15) is 0 Å². The van der Waals surface area contributed by atoms with Crippen molar-refractivity contribution in [1.29, 1.82) is 0 Å². The normalized spacial score (nSPS) is 30.7. The standard InChI is InChI=1S/C11H21NO3/c1-7(10(13)14)6-12-8-5-9(15-4)11(8,2)3/h7-9,12H,5-6H2,1-4H3,(H,13,14). The minimum absolute atomic E-state index is 0.104. The fourth-order valence-corrected chi connectivity index (χ4v) is 2.04. The van der Waals surface area contributed by atoms with Gasteiger partial charge < -0.3 is 15.2 Å². The molecule has 0 aromatic heterocycles. The van der Waals surface area contributed by atoms with Gasteiger partial charge in [-0.25, -0.2) is 0 Å². The molecule has 4 heteroatoms. The summed E-state index contributed by atoms with van der Waals surface area (Å²) in [6.07, 6.45) is 1.26. The molecule has 4 nitrogen and oxygen atoms in total. The summed E-state index contributed by atoms with van der Waals surface area (Å²) in [6.45, 7) is 6.54. The number of ether oxygens (including phenoxy) is 1. The first-order valence-corrected chi connectivity index (χ1v) is 5.38. The lowest BCUT2D eigenvalue weighted by molar-refractivity contribution is -0.141. The number of hydrogen-bond donors (Lipinski definition) is 2. The van der Waals surface area contributed by atoms with Gasteiger partial charge in [-0.15, -0.1) is 0 Å². The third-order valence-electron chi connectivity index (χ3n) is 3.55. The van der Waals surface area contributed by atoms with Gasteiger partial charge >= 0.3 is 5.97 Å². The lowest BCUT2D eigenvalue weighted by atomic mass is 9.64. The van der Waals surface area contributed by atoms with E-state index < -0.39 is 5.97 Å². The van der Waals surface area contributed by atoms with Gasteiger partial charge in [-0.05, 0) is 6.42 Å². The van der Waals surface area contributed by atoms with E-state index in [1.54, 1.807) is 14.0 Å². The zero-order valence-corrected chi connectivity index (χ0v) is 9.91. The molecule has 2 N–H and O–H groups in total. The molecule has 1 rings (SSSR count). The Labute approximate surface area is 91.0 Å². The Morgan fingerprint density at radius 3 is 2.67 bits per heavy atom. The number of methoxy groups -OCH3 is 1. The number of carboxylic acids is 1. The summed E-state index contributed by atoms with van der Waals surface area (Å²) >= 11 is 0. The molecule has 0 bridgehead atoms. The summed E-state index contributed by atoms with van der Waals surface area (Å²) in [7, 11) is 1.72. The summed E-state index contributed by atoms with van der Waals surface area (Å²) < 4.78 is 5.33. The summed E-state index contributed by atoms with van der Waals surface area (Å²) in [5.74, 6) is -1.08. The zero-order chi connectivity index (χ0) is 11.6. The molecule has 0 spiro atoms. The Kier molecular flexibility index (Phi) is 3.73. The molecular formula is C11H21NO3. The van der Waals surface area contributed by atoms with E-state index in [4.69, 9.17) is 9.84 Å². The van der Waals surface area contributed by atoms with Gasteiger partial charge in [0.05, 0.1) is 12.0 Å². The number of nitrogens with one attached hydrogen (secondary N) is 1. The molecule has 1 aliphatic rings. The van der Waals surface area contributed by atoms with Gasteiger partial charge in [-0.3, -0.25) is 4.79 Å². The van der Waals surface area contributed by atoms with E-state index >= 15 is 0 Å². The van der Waals surface area contributed by atoms with Crippen LogP contribution in [0.5, 0.6) is 0 Å². The molecule has 0 aromatic rings. The maximum absolute atomic E-state index is 10.6. The van der Waals surface area contributed by atoms with Gasteiger partial charge in [0, 0.05) is 25.1 Å². The number of carboxylic acid groups (broad SMARTS) is 1. The maximum Gasteiger partial charge on any atom is 0.307 e. The molecule has 1 saturated carbocycles. The first-order valence-electron chi connectivity index (χ1n) is 5.38. The summed E-state index contributed by atoms with van der Waals surface area (Å²) in [5.41, 5.74) is 0.104. The van der Waals surface area contributed by atoms with E-state index in [2.05, 4.69) is 19.2 Å². The highest BCUT2D eigenvalue weighted by atomic mass is 16.5. The molecule has 3 unspecified atom stereocenters. The van der Waals surface area contributed by atoms with Crippen LogP contribution in [-0.2, 0) is 9.53 Å². The van der Waals surface area contributed by atoms with Gasteiger partial charge in [-0.1, -0.05) is 20.8 Å². The molecule has 0 saturated heterocycles. The van der Waals surface area contributed by atoms with Crippen LogP contribution in [0.25, 0.3) is 0 Å². The van der Waals surface area contributed by atoms with Crippen LogP contribution in [0.2, 0.25) is 0 Å². The highest BCUT2D eigenvalue weighted by molar-refractivity contribution is 5.69. The minimum Gasteiger partial charge on any atom is -0.481 e. The van der Waals surface area contributed by atoms with Gasteiger partial charge in [0.15, 0.2) is 0 Å². The van der Waals surface area contributed by atoms with Crippen LogP contribution in [0, 0.1) is 11.3 Å². The van der Waals surface area contributed by atoms with Gasteiger partial charge in [-0.2, -0.15) is 0 Å². The number of aliphatic carboxylic acids is 1. The van der Waals surface area contributed by atoms with Crippen molar-refractivity contribution in [3.63, 3.8) is 0 Å². The third kappa shape index (κ3) is 2.49. The van der Waals surface area contributed by atoms with Crippen LogP contribution in [0.15, 0.2) is 0 Å². The number of hydrogen-bond acceptors (Lipinski definition) is 3. The number of rotatable bonds is 5. The zero-order valence-electron chi connectivity index (χ0n) is 9.91. The Balaban J connectivity index is 2.34. The Bertz CT molecular complexity index is 240. The van der Waals surface area contributed by atoms with Crippen molar-refractivity contribution in [2.75, 3.05) is 13.7 Å². The van der Waals surface area contributed by atoms with Crippen LogP contribution in [0.1, 0.15) is 27.2 Å². The van der Waals surface area contributed by atoms with Crippen LogP contribution >= 0.6 is 0 Å². The average molecular weight is 215 g/mol. The molecule has 0 aromatic carbocycles. The highest BCUT2D eigenvalue weighted by Gasteiger charge is 2.48. The van der Waals surface area contributed by atoms with Crippen molar-refractivity contribution in [2.45, 2.75) is 39.3 Å². The molecule has 3 atom stereocenters. The molecule has 1 fully saturated rings. The van der Waals surface area contributed by atoms with Gasteiger partial charge in [0.25, 0.3) is 0 Å². The topological polar surface area (TPSA) is 58.6 Å². The predicted molar refractivity (Wildman–Crippen MR) is 57.8 cm³/mol. The van der Waals surface area contributed by atoms with Crippen molar-refractivity contribution in [1.82, 2.24) is 5.32 Å². The van der Waals surface area contributed by atoms with E-state index in [0.29, 0.717) is 12.6 Å². The predicted octanol–water partition coefficient (Wildman–Crippen LogP) is 1.11. The lowest BCUT2D eigenvalue weighted by Crippen LogP contribution is -2.61. The van der Waals surface area contributed by atoms with E-state index in [9.17, 15) is 4.79 Å². The van der Waals surface area contributed by atoms with Crippen LogP contribution in [0.4, 0.5) is 0 Å². The quantitative estimate of drug-likeness (QED) is 0.721. The number of carbonyl (C=O) groups is 1. The second kappa shape index (κ2) is 4.49.